The van der Waals surface area contributed by atoms with Crippen molar-refractivity contribution in [3.63, 3.8) is 0 Å². The van der Waals surface area contributed by atoms with Crippen molar-refractivity contribution in [1.82, 2.24) is 19.8 Å². The van der Waals surface area contributed by atoms with E-state index in [1.165, 1.54) is 25.7 Å². The third-order valence-corrected chi connectivity index (χ3v) is 6.25. The van der Waals surface area contributed by atoms with Gasteiger partial charge in [-0.3, -0.25) is 9.59 Å². The first-order valence-electron chi connectivity index (χ1n) is 9.80. The number of carbonyl (C=O) groups is 2. The number of carbonyl (C=O) groups excluding carboxylic acids is 2. The number of nitrogens with one attached hydrogen (secondary N) is 1. The minimum Gasteiger partial charge on any atom is -0.357 e. The summed E-state index contributed by atoms with van der Waals surface area (Å²) in [5.41, 5.74) is -0.566. The van der Waals surface area contributed by atoms with Gasteiger partial charge in [0.1, 0.15) is 11.4 Å². The van der Waals surface area contributed by atoms with Gasteiger partial charge >= 0.3 is 0 Å². The molecule has 26 heavy (non-hydrogen) atoms. The summed E-state index contributed by atoms with van der Waals surface area (Å²) >= 11 is 0. The van der Waals surface area contributed by atoms with Crippen molar-refractivity contribution in [1.29, 1.82) is 0 Å². The first-order chi connectivity index (χ1) is 12.6. The number of ether oxygens (including phenoxy) is 1. The molecule has 2 aliphatic heterocycles. The number of aromatic nitrogens is 2. The number of imidazole rings is 1. The highest BCUT2D eigenvalue weighted by molar-refractivity contribution is 5.80. The Morgan fingerprint density at radius 1 is 1.31 bits per heavy atom. The van der Waals surface area contributed by atoms with E-state index in [2.05, 4.69) is 10.3 Å². The topological polar surface area (TPSA) is 76.5 Å². The first-order valence-corrected chi connectivity index (χ1v) is 9.80. The summed E-state index contributed by atoms with van der Waals surface area (Å²) in [7, 11) is 1.63. The minimum absolute atomic E-state index is 0.108. The molecule has 7 nitrogen and oxygen atoms in total. The van der Waals surface area contributed by atoms with E-state index >= 15 is 0 Å². The van der Waals surface area contributed by atoms with Crippen LogP contribution in [0, 0.1) is 5.92 Å². The largest absolute Gasteiger partial charge is 0.357 e. The van der Waals surface area contributed by atoms with Crippen LogP contribution in [0.25, 0.3) is 0 Å². The zero-order chi connectivity index (χ0) is 18.1. The summed E-state index contributed by atoms with van der Waals surface area (Å²) in [5, 5.41) is 2.68. The lowest BCUT2D eigenvalue weighted by atomic mass is 9.88. The summed E-state index contributed by atoms with van der Waals surface area (Å²) < 4.78 is 8.31. The lowest BCUT2D eigenvalue weighted by molar-refractivity contribution is -0.175. The second-order valence-electron chi connectivity index (χ2n) is 7.85. The number of likely N-dealkylation sites (tertiary alicyclic amines) is 1. The summed E-state index contributed by atoms with van der Waals surface area (Å²) in [6.45, 7) is 1.82. The van der Waals surface area contributed by atoms with Gasteiger partial charge in [0.05, 0.1) is 6.54 Å². The fourth-order valence-electron chi connectivity index (χ4n) is 4.74. The molecule has 1 aliphatic carbocycles. The SMILES string of the molecule is CNC(=O)[C@@H]1Cn2ccnc2C2(CCN(C(=O)CC3CCCC3)CC2)O1. The Kier molecular flexibility index (Phi) is 4.73. The molecule has 0 unspecified atom stereocenters. The maximum absolute atomic E-state index is 12.6. The van der Waals surface area contributed by atoms with Crippen LogP contribution in [-0.4, -0.2) is 52.5 Å². The van der Waals surface area contributed by atoms with Gasteiger partial charge in [-0.05, 0) is 18.8 Å². The average Bonchev–Trinajstić information content (AvgIpc) is 3.33. The van der Waals surface area contributed by atoms with Crippen LogP contribution >= 0.6 is 0 Å². The molecule has 1 N–H and O–H groups in total. The van der Waals surface area contributed by atoms with Crippen LogP contribution in [0.2, 0.25) is 0 Å². The molecule has 142 valence electrons. The van der Waals surface area contributed by atoms with Crippen LogP contribution in [0.1, 0.15) is 50.8 Å². The summed E-state index contributed by atoms with van der Waals surface area (Å²) in [6, 6.07) is 0. The molecule has 2 amide bonds. The average molecular weight is 360 g/mol. The first kappa shape index (κ1) is 17.5. The second-order valence-corrected chi connectivity index (χ2v) is 7.85. The maximum atomic E-state index is 12.6. The molecule has 0 bridgehead atoms. The molecule has 1 spiro atoms. The van der Waals surface area contributed by atoms with Gasteiger partial charge in [-0.1, -0.05) is 12.8 Å². The zero-order valence-electron chi connectivity index (χ0n) is 15.4. The van der Waals surface area contributed by atoms with Crippen molar-refractivity contribution >= 4 is 11.8 Å². The molecule has 1 saturated heterocycles. The van der Waals surface area contributed by atoms with E-state index in [0.717, 1.165) is 5.82 Å². The highest BCUT2D eigenvalue weighted by Crippen LogP contribution is 2.40. The van der Waals surface area contributed by atoms with E-state index in [0.29, 0.717) is 44.8 Å². The highest BCUT2D eigenvalue weighted by atomic mass is 16.5. The number of likely N-dealkylation sites (N-methyl/N-ethyl adjacent to an activating group) is 1. The van der Waals surface area contributed by atoms with E-state index in [1.807, 2.05) is 15.7 Å². The number of hydrogen-bond acceptors (Lipinski definition) is 4. The molecule has 0 aromatic carbocycles. The lowest BCUT2D eigenvalue weighted by Crippen LogP contribution is -2.54. The van der Waals surface area contributed by atoms with Crippen LogP contribution in [-0.2, 0) is 26.5 Å². The van der Waals surface area contributed by atoms with E-state index in [9.17, 15) is 9.59 Å². The van der Waals surface area contributed by atoms with Crippen molar-refractivity contribution in [2.45, 2.75) is 63.2 Å². The number of piperidine rings is 1. The van der Waals surface area contributed by atoms with Crippen LogP contribution in [0.3, 0.4) is 0 Å². The van der Waals surface area contributed by atoms with Crippen molar-refractivity contribution < 1.29 is 14.3 Å². The van der Waals surface area contributed by atoms with Gasteiger partial charge in [0.25, 0.3) is 5.91 Å². The van der Waals surface area contributed by atoms with E-state index in [-0.39, 0.29) is 11.8 Å². The van der Waals surface area contributed by atoms with Crippen LogP contribution in [0.4, 0.5) is 0 Å². The van der Waals surface area contributed by atoms with E-state index in [1.54, 1.807) is 13.2 Å². The monoisotopic (exact) mass is 360 g/mol. The van der Waals surface area contributed by atoms with E-state index < -0.39 is 11.7 Å². The lowest BCUT2D eigenvalue weighted by Gasteiger charge is -2.45. The Balaban J connectivity index is 1.45. The molecule has 3 heterocycles. The minimum atomic E-state index is -0.566. The Morgan fingerprint density at radius 2 is 2.04 bits per heavy atom. The third kappa shape index (κ3) is 3.13. The summed E-state index contributed by atoms with van der Waals surface area (Å²) in [6.07, 6.45) is 10.1. The van der Waals surface area contributed by atoms with Gasteiger partial charge in [-0.15, -0.1) is 0 Å². The zero-order valence-corrected chi connectivity index (χ0v) is 15.4. The number of rotatable bonds is 3. The summed E-state index contributed by atoms with van der Waals surface area (Å²) in [5.74, 6) is 1.62. The Hall–Kier alpha value is -1.89. The fraction of sp³-hybridized carbons (Fsp3) is 0.737. The maximum Gasteiger partial charge on any atom is 0.250 e. The summed E-state index contributed by atoms with van der Waals surface area (Å²) in [4.78, 5) is 31.3. The van der Waals surface area contributed by atoms with E-state index in [4.69, 9.17) is 4.74 Å². The second kappa shape index (κ2) is 7.02. The van der Waals surface area contributed by atoms with Gasteiger partial charge in [-0.25, -0.2) is 4.98 Å². The van der Waals surface area contributed by atoms with Crippen molar-refractivity contribution in [2.24, 2.45) is 5.92 Å². The molecular formula is C19H28N4O3. The van der Waals surface area contributed by atoms with Gasteiger partial charge in [-0.2, -0.15) is 0 Å². The van der Waals surface area contributed by atoms with Gasteiger partial charge in [0.15, 0.2) is 6.10 Å². The molecular weight excluding hydrogens is 332 g/mol. The Bertz CT molecular complexity index is 672. The van der Waals surface area contributed by atoms with Crippen LogP contribution in [0.15, 0.2) is 12.4 Å². The molecule has 1 aromatic rings. The molecule has 1 atom stereocenters. The molecule has 3 aliphatic rings. The number of amides is 2. The number of hydrogen-bond donors (Lipinski definition) is 1. The predicted octanol–water partition coefficient (Wildman–Crippen LogP) is 1.43. The Labute approximate surface area is 154 Å². The quantitative estimate of drug-likeness (QED) is 0.885. The Morgan fingerprint density at radius 3 is 2.73 bits per heavy atom. The molecule has 7 heteroatoms. The molecule has 1 aromatic heterocycles. The predicted molar refractivity (Wildman–Crippen MR) is 95.2 cm³/mol. The number of fused-ring (bicyclic) bond motifs is 2. The molecule has 1 saturated carbocycles. The van der Waals surface area contributed by atoms with Crippen LogP contribution < -0.4 is 5.32 Å². The van der Waals surface area contributed by atoms with Gasteiger partial charge in [0, 0.05) is 51.8 Å². The van der Waals surface area contributed by atoms with Crippen molar-refractivity contribution in [3.8, 4) is 0 Å². The van der Waals surface area contributed by atoms with Crippen LogP contribution in [0.5, 0.6) is 0 Å². The molecule has 2 fully saturated rings. The highest BCUT2D eigenvalue weighted by Gasteiger charge is 2.47. The fourth-order valence-corrected chi connectivity index (χ4v) is 4.74. The normalized spacial score (nSPS) is 25.3. The van der Waals surface area contributed by atoms with Crippen molar-refractivity contribution in [2.75, 3.05) is 20.1 Å². The molecule has 0 radical (unpaired) electrons. The standard InChI is InChI=1S/C19H28N4O3/c1-20-17(25)15-13-23-11-8-21-18(23)19(26-15)6-9-22(10-7-19)16(24)12-14-4-2-3-5-14/h8,11,14-15H,2-7,9-10,12-13H2,1H3,(H,20,25)/t15-/m0/s1. The van der Waals surface area contributed by atoms with Gasteiger partial charge < -0.3 is 19.5 Å². The van der Waals surface area contributed by atoms with Crippen molar-refractivity contribution in [3.05, 3.63) is 18.2 Å². The smallest absolute Gasteiger partial charge is 0.250 e. The third-order valence-electron chi connectivity index (χ3n) is 6.25. The van der Waals surface area contributed by atoms with Gasteiger partial charge in [0.2, 0.25) is 5.91 Å². The molecule has 4 rings (SSSR count). The number of nitrogens with zero attached hydrogens (tertiary/aromatic N) is 3.